The van der Waals surface area contributed by atoms with Crippen molar-refractivity contribution >= 4 is 34.0 Å². The van der Waals surface area contributed by atoms with Crippen LogP contribution < -0.4 is 10.2 Å². The largest absolute Gasteiger partial charge is 0.378 e. The van der Waals surface area contributed by atoms with Crippen molar-refractivity contribution < 1.29 is 14.5 Å². The van der Waals surface area contributed by atoms with Crippen LogP contribution in [0.25, 0.3) is 16.7 Å². The highest BCUT2D eigenvalue weighted by atomic mass is 16.6. The van der Waals surface area contributed by atoms with Crippen LogP contribution in [0.2, 0.25) is 0 Å². The smallest absolute Gasteiger partial charge is 0.282 e. The Balaban J connectivity index is 1.39. The first-order valence-electron chi connectivity index (χ1n) is 10.6. The molecule has 0 saturated carbocycles. The first-order valence-corrected chi connectivity index (χ1v) is 10.6. The molecule has 4 aromatic rings. The topological polar surface area (TPSA) is 103 Å². The Kier molecular flexibility index (Phi) is 5.45. The van der Waals surface area contributed by atoms with Crippen molar-refractivity contribution in [1.82, 2.24) is 9.55 Å². The molecule has 1 aromatic heterocycles. The molecule has 1 aliphatic heterocycles. The van der Waals surface area contributed by atoms with Gasteiger partial charge in [0.1, 0.15) is 11.9 Å². The molecule has 2 heterocycles. The lowest BCUT2D eigenvalue weighted by molar-refractivity contribution is -0.385. The van der Waals surface area contributed by atoms with Gasteiger partial charge in [0, 0.05) is 36.2 Å². The molecule has 5 rings (SSSR count). The molecule has 1 aliphatic rings. The fraction of sp³-hybridized carbons (Fsp3) is 0.167. The number of fused-ring (bicyclic) bond motifs is 1. The number of hydrogen-bond donors (Lipinski definition) is 1. The summed E-state index contributed by atoms with van der Waals surface area (Å²) < 4.78 is 7.32. The van der Waals surface area contributed by atoms with Crippen LogP contribution in [0.3, 0.4) is 0 Å². The average Bonchev–Trinajstić information content (AvgIpc) is 3.29. The van der Waals surface area contributed by atoms with Crippen molar-refractivity contribution in [3.8, 4) is 5.69 Å². The van der Waals surface area contributed by atoms with Crippen LogP contribution in [0.15, 0.2) is 73.1 Å². The third-order valence-electron chi connectivity index (χ3n) is 5.65. The number of nitro groups is 1. The van der Waals surface area contributed by atoms with Gasteiger partial charge in [-0.05, 0) is 48.5 Å². The number of imidazole rings is 1. The fourth-order valence-electron chi connectivity index (χ4n) is 3.95. The van der Waals surface area contributed by atoms with Crippen molar-refractivity contribution in [2.24, 2.45) is 0 Å². The van der Waals surface area contributed by atoms with E-state index in [0.717, 1.165) is 22.4 Å². The highest BCUT2D eigenvalue weighted by molar-refractivity contribution is 6.07. The quantitative estimate of drug-likeness (QED) is 0.369. The maximum absolute atomic E-state index is 13.0. The molecule has 1 amide bonds. The van der Waals surface area contributed by atoms with Crippen molar-refractivity contribution in [3.05, 3.63) is 88.7 Å². The van der Waals surface area contributed by atoms with Gasteiger partial charge in [-0.2, -0.15) is 0 Å². The predicted molar refractivity (Wildman–Crippen MR) is 125 cm³/mol. The molecule has 0 radical (unpaired) electrons. The fourth-order valence-corrected chi connectivity index (χ4v) is 3.95. The van der Waals surface area contributed by atoms with Gasteiger partial charge < -0.3 is 15.0 Å². The summed E-state index contributed by atoms with van der Waals surface area (Å²) in [6, 6.07) is 19.7. The van der Waals surface area contributed by atoms with Crippen LogP contribution in [0.4, 0.5) is 17.1 Å². The van der Waals surface area contributed by atoms with Crippen molar-refractivity contribution in [1.29, 1.82) is 0 Å². The van der Waals surface area contributed by atoms with E-state index in [-0.39, 0.29) is 11.3 Å². The summed E-state index contributed by atoms with van der Waals surface area (Å²) in [4.78, 5) is 30.4. The Morgan fingerprint density at radius 3 is 2.48 bits per heavy atom. The summed E-state index contributed by atoms with van der Waals surface area (Å²) in [5.74, 6) is -0.530. The molecule has 1 N–H and O–H groups in total. The standard InChI is InChI=1S/C24H21N5O4/c30-24(20-15-19(9-10-22(20)29(31)32)27-11-13-33-14-12-27)26-17-5-7-18(8-6-17)28-16-25-21-3-1-2-4-23(21)28/h1-10,15-16H,11-14H2,(H,26,30). The molecule has 9 nitrogen and oxygen atoms in total. The lowest BCUT2D eigenvalue weighted by atomic mass is 10.1. The molecule has 0 spiro atoms. The maximum atomic E-state index is 13.0. The van der Waals surface area contributed by atoms with Crippen LogP contribution in [-0.4, -0.2) is 46.7 Å². The van der Waals surface area contributed by atoms with E-state index >= 15 is 0 Å². The van der Waals surface area contributed by atoms with Crippen LogP contribution in [0.5, 0.6) is 0 Å². The molecule has 0 bridgehead atoms. The van der Waals surface area contributed by atoms with Gasteiger partial charge in [-0.3, -0.25) is 19.5 Å². The van der Waals surface area contributed by atoms with Crippen molar-refractivity contribution in [2.45, 2.75) is 0 Å². The van der Waals surface area contributed by atoms with Gasteiger partial charge in [0.15, 0.2) is 0 Å². The first kappa shape index (κ1) is 20.7. The summed E-state index contributed by atoms with van der Waals surface area (Å²) in [5, 5.41) is 14.3. The van der Waals surface area contributed by atoms with E-state index in [1.165, 1.54) is 6.07 Å². The Morgan fingerprint density at radius 1 is 1.00 bits per heavy atom. The number of carbonyl (C=O) groups is 1. The number of anilines is 2. The molecular formula is C24H21N5O4. The van der Waals surface area contributed by atoms with E-state index in [2.05, 4.69) is 10.3 Å². The third kappa shape index (κ3) is 4.13. The summed E-state index contributed by atoms with van der Waals surface area (Å²) >= 11 is 0. The highest BCUT2D eigenvalue weighted by Crippen LogP contribution is 2.27. The van der Waals surface area contributed by atoms with Crippen molar-refractivity contribution in [3.63, 3.8) is 0 Å². The number of para-hydroxylation sites is 2. The van der Waals surface area contributed by atoms with Crippen LogP contribution >= 0.6 is 0 Å². The Bertz CT molecular complexity index is 1330. The average molecular weight is 443 g/mol. The lowest BCUT2D eigenvalue weighted by Gasteiger charge is -2.29. The Labute approximate surface area is 189 Å². The summed E-state index contributed by atoms with van der Waals surface area (Å²) in [6.07, 6.45) is 1.75. The van der Waals surface area contributed by atoms with E-state index in [9.17, 15) is 14.9 Å². The number of nitrogens with one attached hydrogen (secondary N) is 1. The van der Waals surface area contributed by atoms with Crippen LogP contribution in [0, 0.1) is 10.1 Å². The van der Waals surface area contributed by atoms with E-state index in [1.807, 2.05) is 45.9 Å². The van der Waals surface area contributed by atoms with Gasteiger partial charge in [-0.15, -0.1) is 0 Å². The molecule has 0 aliphatic carbocycles. The van der Waals surface area contributed by atoms with E-state index in [4.69, 9.17) is 4.74 Å². The van der Waals surface area contributed by atoms with E-state index < -0.39 is 10.8 Å². The number of rotatable bonds is 5. The molecule has 1 fully saturated rings. The van der Waals surface area contributed by atoms with Gasteiger partial charge in [0.2, 0.25) is 0 Å². The molecule has 166 valence electrons. The molecule has 9 heteroatoms. The minimum Gasteiger partial charge on any atom is -0.378 e. The minimum atomic E-state index is -0.536. The van der Waals surface area contributed by atoms with Crippen LogP contribution in [0.1, 0.15) is 10.4 Å². The van der Waals surface area contributed by atoms with Gasteiger partial charge >= 0.3 is 0 Å². The zero-order valence-corrected chi connectivity index (χ0v) is 17.7. The molecule has 0 unspecified atom stereocenters. The number of hydrogen-bond acceptors (Lipinski definition) is 6. The van der Waals surface area contributed by atoms with E-state index in [1.54, 1.807) is 30.6 Å². The summed E-state index contributed by atoms with van der Waals surface area (Å²) in [6.45, 7) is 2.50. The Hall–Kier alpha value is -4.24. The second-order valence-corrected chi connectivity index (χ2v) is 7.66. The molecule has 0 atom stereocenters. The molecular weight excluding hydrogens is 422 g/mol. The third-order valence-corrected chi connectivity index (χ3v) is 5.65. The summed E-state index contributed by atoms with van der Waals surface area (Å²) in [5.41, 5.74) is 3.85. The predicted octanol–water partition coefficient (Wildman–Crippen LogP) is 4.02. The van der Waals surface area contributed by atoms with Gasteiger partial charge in [-0.25, -0.2) is 4.98 Å². The second kappa shape index (κ2) is 8.71. The minimum absolute atomic E-state index is 0.0219. The number of amides is 1. The number of benzene rings is 3. The molecule has 1 saturated heterocycles. The zero-order valence-electron chi connectivity index (χ0n) is 17.7. The number of nitrogens with zero attached hydrogens (tertiary/aromatic N) is 4. The first-order chi connectivity index (χ1) is 16.1. The number of nitro benzene ring substituents is 1. The number of ether oxygens (including phenoxy) is 1. The number of aromatic nitrogens is 2. The monoisotopic (exact) mass is 443 g/mol. The number of carbonyl (C=O) groups excluding carboxylic acids is 1. The normalized spacial score (nSPS) is 13.8. The molecule has 33 heavy (non-hydrogen) atoms. The van der Waals surface area contributed by atoms with Gasteiger partial charge in [0.05, 0.1) is 29.2 Å². The van der Waals surface area contributed by atoms with Gasteiger partial charge in [0.25, 0.3) is 11.6 Å². The second-order valence-electron chi connectivity index (χ2n) is 7.66. The van der Waals surface area contributed by atoms with Gasteiger partial charge in [-0.1, -0.05) is 12.1 Å². The van der Waals surface area contributed by atoms with Crippen molar-refractivity contribution in [2.75, 3.05) is 36.5 Å². The lowest BCUT2D eigenvalue weighted by Crippen LogP contribution is -2.36. The van der Waals surface area contributed by atoms with E-state index in [0.29, 0.717) is 32.0 Å². The SMILES string of the molecule is O=C(Nc1ccc(-n2cnc3ccccc32)cc1)c1cc(N2CCOCC2)ccc1[N+](=O)[O-]. The number of morpholine rings is 1. The molecule has 3 aromatic carbocycles. The highest BCUT2D eigenvalue weighted by Gasteiger charge is 2.23. The maximum Gasteiger partial charge on any atom is 0.282 e. The zero-order chi connectivity index (χ0) is 22.8. The summed E-state index contributed by atoms with van der Waals surface area (Å²) in [7, 11) is 0. The Morgan fingerprint density at radius 2 is 1.73 bits per heavy atom. The van der Waals surface area contributed by atoms with Crippen LogP contribution in [-0.2, 0) is 4.74 Å².